The van der Waals surface area contributed by atoms with Crippen LogP contribution in [0.25, 0.3) is 11.0 Å². The summed E-state index contributed by atoms with van der Waals surface area (Å²) < 4.78 is 7.33. The average Bonchev–Trinajstić information content (AvgIpc) is 3.73. The molecule has 1 amide bonds. The number of fused-ring (bicyclic) bond motifs is 2. The Kier molecular flexibility index (Phi) is 8.30. The van der Waals surface area contributed by atoms with Gasteiger partial charge in [-0.05, 0) is 85.8 Å². The van der Waals surface area contributed by atoms with Gasteiger partial charge < -0.3 is 14.5 Å². The highest BCUT2D eigenvalue weighted by atomic mass is 32.1. The fourth-order valence-electron chi connectivity index (χ4n) is 7.67. The quantitative estimate of drug-likeness (QED) is 0.193. The number of aryl methyl sites for hydroxylation is 2. The number of carboxylic acid groups (broad SMARTS) is 1. The summed E-state index contributed by atoms with van der Waals surface area (Å²) in [5, 5.41) is 12.1. The van der Waals surface area contributed by atoms with Crippen molar-refractivity contribution < 1.29 is 14.3 Å². The summed E-state index contributed by atoms with van der Waals surface area (Å²) in [6.07, 6.45) is 2.96. The topological polar surface area (TPSA) is 91.3 Å². The maximum atomic E-state index is 13.5. The summed E-state index contributed by atoms with van der Waals surface area (Å²) in [6.45, 7) is 19.9. The van der Waals surface area contributed by atoms with Crippen LogP contribution in [0.5, 0.6) is 0 Å². The number of thiazole rings is 1. The molecule has 0 bridgehead atoms. The van der Waals surface area contributed by atoms with E-state index in [0.29, 0.717) is 6.42 Å². The minimum Gasteiger partial charge on any atom is -0.465 e. The van der Waals surface area contributed by atoms with E-state index in [-0.39, 0.29) is 28.5 Å². The molecule has 1 fully saturated rings. The van der Waals surface area contributed by atoms with E-state index in [9.17, 15) is 9.90 Å². The van der Waals surface area contributed by atoms with Crippen LogP contribution in [0.15, 0.2) is 48.5 Å². The molecular formula is C37H50N4O3SSi. The zero-order valence-electron chi connectivity index (χ0n) is 28.9. The summed E-state index contributed by atoms with van der Waals surface area (Å²) in [5.74, 6) is 1.18. The van der Waals surface area contributed by atoms with E-state index in [0.717, 1.165) is 58.7 Å². The van der Waals surface area contributed by atoms with Crippen molar-refractivity contribution in [2.45, 2.75) is 122 Å². The fraction of sp³-hybridized carbons (Fsp3) is 0.541. The predicted molar refractivity (Wildman–Crippen MR) is 189 cm³/mol. The van der Waals surface area contributed by atoms with Gasteiger partial charge >= 0.3 is 6.09 Å². The fourth-order valence-corrected chi connectivity index (χ4v) is 9.95. The molecule has 2 aromatic carbocycles. The molecule has 46 heavy (non-hydrogen) atoms. The van der Waals surface area contributed by atoms with E-state index >= 15 is 0 Å². The van der Waals surface area contributed by atoms with E-state index in [2.05, 4.69) is 96.9 Å². The largest absolute Gasteiger partial charge is 0.465 e. The first-order chi connectivity index (χ1) is 21.5. The number of benzene rings is 2. The zero-order valence-corrected chi connectivity index (χ0v) is 30.7. The minimum absolute atomic E-state index is 0.0259. The SMILES string of the molecule is Cc1nc2c(s1)CCC2c1nc2ccc(C[C@@H]3CC[C@]([C@H](O[Si](C)(C)C(C)(C)C)c4ccccc4)(C(C)(C)C)N3C(=O)O)cc2[nH]1. The van der Waals surface area contributed by atoms with Crippen molar-refractivity contribution >= 4 is 36.8 Å². The molecular weight excluding hydrogens is 609 g/mol. The van der Waals surface area contributed by atoms with Gasteiger partial charge in [-0.2, -0.15) is 0 Å². The van der Waals surface area contributed by atoms with Crippen LogP contribution >= 0.6 is 11.3 Å². The van der Waals surface area contributed by atoms with Crippen LogP contribution < -0.4 is 0 Å². The van der Waals surface area contributed by atoms with Gasteiger partial charge in [0.25, 0.3) is 0 Å². The number of rotatable bonds is 7. The number of imidazole rings is 1. The predicted octanol–water partition coefficient (Wildman–Crippen LogP) is 9.64. The highest BCUT2D eigenvalue weighted by Gasteiger charge is 2.61. The summed E-state index contributed by atoms with van der Waals surface area (Å²) in [5.41, 5.74) is 4.13. The monoisotopic (exact) mass is 658 g/mol. The van der Waals surface area contributed by atoms with E-state index in [1.165, 1.54) is 10.6 Å². The van der Waals surface area contributed by atoms with Gasteiger partial charge in [-0.15, -0.1) is 11.3 Å². The summed E-state index contributed by atoms with van der Waals surface area (Å²) in [7, 11) is -2.30. The molecule has 3 heterocycles. The minimum atomic E-state index is -2.30. The number of hydrogen-bond acceptors (Lipinski definition) is 5. The maximum absolute atomic E-state index is 13.5. The van der Waals surface area contributed by atoms with Crippen LogP contribution in [0, 0.1) is 12.3 Å². The highest BCUT2D eigenvalue weighted by molar-refractivity contribution is 7.11. The first-order valence-electron chi connectivity index (χ1n) is 16.7. The van der Waals surface area contributed by atoms with Gasteiger partial charge in [-0.3, -0.25) is 4.90 Å². The van der Waals surface area contributed by atoms with E-state index in [1.54, 1.807) is 16.2 Å². The number of aromatic amines is 1. The van der Waals surface area contributed by atoms with Crippen LogP contribution in [-0.4, -0.2) is 50.9 Å². The Balaban J connectivity index is 1.36. The Labute approximate surface area is 279 Å². The van der Waals surface area contributed by atoms with Gasteiger partial charge in [0.15, 0.2) is 8.32 Å². The lowest BCUT2D eigenvalue weighted by Gasteiger charge is -2.55. The number of likely N-dealkylation sites (tertiary alicyclic amines) is 1. The summed E-state index contributed by atoms with van der Waals surface area (Å²) in [4.78, 5) is 30.1. The molecule has 0 saturated carbocycles. The second-order valence-electron chi connectivity index (χ2n) is 16.0. The normalized spacial score (nSPS) is 22.8. The molecule has 0 radical (unpaired) electrons. The number of hydrogen-bond donors (Lipinski definition) is 2. The van der Waals surface area contributed by atoms with Gasteiger partial charge in [0.2, 0.25) is 0 Å². The van der Waals surface area contributed by atoms with Crippen molar-refractivity contribution in [3.05, 3.63) is 81.1 Å². The molecule has 2 aliphatic rings. The van der Waals surface area contributed by atoms with Gasteiger partial charge in [0, 0.05) is 10.9 Å². The Hall–Kier alpha value is -3.01. The molecule has 0 spiro atoms. The van der Waals surface area contributed by atoms with Crippen molar-refractivity contribution in [1.29, 1.82) is 0 Å². The van der Waals surface area contributed by atoms with Crippen molar-refractivity contribution in [3.8, 4) is 0 Å². The van der Waals surface area contributed by atoms with Crippen LogP contribution in [0.2, 0.25) is 18.1 Å². The molecule has 6 rings (SSSR count). The summed E-state index contributed by atoms with van der Waals surface area (Å²) in [6, 6.07) is 16.5. The zero-order chi connectivity index (χ0) is 33.2. The summed E-state index contributed by atoms with van der Waals surface area (Å²) >= 11 is 1.80. The van der Waals surface area contributed by atoms with Crippen molar-refractivity contribution in [2.75, 3.05) is 0 Å². The number of H-pyrrole nitrogens is 1. The van der Waals surface area contributed by atoms with Gasteiger partial charge in [0.05, 0.1) is 39.3 Å². The Morgan fingerprint density at radius 3 is 2.48 bits per heavy atom. The van der Waals surface area contributed by atoms with Gasteiger partial charge in [-0.1, -0.05) is 77.9 Å². The number of aromatic nitrogens is 3. The molecule has 4 atom stereocenters. The first kappa shape index (κ1) is 32.9. The third kappa shape index (κ3) is 5.62. The molecule has 2 aromatic heterocycles. The lowest BCUT2D eigenvalue weighted by molar-refractivity contribution is -0.0704. The van der Waals surface area contributed by atoms with Gasteiger partial charge in [-0.25, -0.2) is 14.8 Å². The standard InChI is InChI=1S/C37H50N4O3SSi/c1-23-38-31-27(16-18-30(31)45-23)33-39-28-17-15-24(22-29(28)40-33)21-26-19-20-37(35(2,3)4,41(26)34(42)43)32(25-13-11-10-12-14-25)44-46(8,9)36(5,6)7/h10-15,17,22,26-27,32H,16,18-21H2,1-9H3,(H,39,40)(H,42,43)/t26-,27?,32+,37-/m0/s1. The molecule has 9 heteroatoms. The second-order valence-corrected chi connectivity index (χ2v) is 22.0. The van der Waals surface area contributed by atoms with Crippen LogP contribution in [0.4, 0.5) is 4.79 Å². The maximum Gasteiger partial charge on any atom is 0.408 e. The van der Waals surface area contributed by atoms with Crippen molar-refractivity contribution in [3.63, 3.8) is 0 Å². The lowest BCUT2D eigenvalue weighted by atomic mass is 9.67. The lowest BCUT2D eigenvalue weighted by Crippen LogP contribution is -2.63. The molecule has 1 saturated heterocycles. The van der Waals surface area contributed by atoms with Gasteiger partial charge in [0.1, 0.15) is 5.82 Å². The molecule has 246 valence electrons. The van der Waals surface area contributed by atoms with Crippen molar-refractivity contribution in [1.82, 2.24) is 19.9 Å². The van der Waals surface area contributed by atoms with Crippen LogP contribution in [0.1, 0.15) is 105 Å². The number of amides is 1. The van der Waals surface area contributed by atoms with Crippen molar-refractivity contribution in [2.24, 2.45) is 5.41 Å². The molecule has 1 aliphatic heterocycles. The van der Waals surface area contributed by atoms with E-state index in [4.69, 9.17) is 14.4 Å². The van der Waals surface area contributed by atoms with Crippen LogP contribution in [0.3, 0.4) is 0 Å². The number of carbonyl (C=O) groups is 1. The third-order valence-corrected chi connectivity index (χ3v) is 16.6. The Morgan fingerprint density at radius 1 is 1.11 bits per heavy atom. The third-order valence-electron chi connectivity index (χ3n) is 11.1. The molecule has 4 aromatic rings. The number of nitrogens with one attached hydrogen (secondary N) is 1. The Morgan fingerprint density at radius 2 is 1.83 bits per heavy atom. The average molecular weight is 659 g/mol. The molecule has 2 N–H and O–H groups in total. The molecule has 1 unspecified atom stereocenters. The molecule has 7 nitrogen and oxygen atoms in total. The second kappa shape index (κ2) is 11.6. The van der Waals surface area contributed by atoms with E-state index in [1.807, 2.05) is 18.2 Å². The Bertz CT molecular complexity index is 1730. The van der Waals surface area contributed by atoms with E-state index < -0.39 is 19.9 Å². The number of nitrogens with zero attached hydrogens (tertiary/aromatic N) is 3. The highest BCUT2D eigenvalue weighted by Crippen LogP contribution is 2.57. The van der Waals surface area contributed by atoms with Crippen LogP contribution in [-0.2, 0) is 17.3 Å². The first-order valence-corrected chi connectivity index (χ1v) is 20.4. The smallest absolute Gasteiger partial charge is 0.408 e. The molecule has 1 aliphatic carbocycles.